The van der Waals surface area contributed by atoms with Crippen LogP contribution in [0.5, 0.6) is 0 Å². The topological polar surface area (TPSA) is 153 Å². The van der Waals surface area contributed by atoms with Gasteiger partial charge in [0.2, 0.25) is 6.17 Å². The van der Waals surface area contributed by atoms with Crippen LogP contribution in [0.3, 0.4) is 0 Å². The van der Waals surface area contributed by atoms with E-state index in [2.05, 4.69) is 25.7 Å². The fraction of sp³-hybridized carbons (Fsp3) is 0.200. The molecular weight excluding hydrogens is 620 g/mol. The molecule has 0 radical (unpaired) electrons. The SMILES string of the molecule is CC(C)C[C@@H](N)C(=O)OCc1ccc(-c2nn3cccnc3c2C(=O)N[C@H]2N=C(c3ccccc3)c3cccc(F)c3NC2=O)c(F)c1. The number of ether oxygens (including phenoxy) is 1. The molecule has 0 spiro atoms. The van der Waals surface area contributed by atoms with Gasteiger partial charge in [-0.15, -0.1) is 0 Å². The second kappa shape index (κ2) is 13.5. The van der Waals surface area contributed by atoms with Crippen molar-refractivity contribution in [1.82, 2.24) is 19.9 Å². The van der Waals surface area contributed by atoms with Crippen LogP contribution in [0.25, 0.3) is 16.9 Å². The Bertz CT molecular complexity index is 2060. The van der Waals surface area contributed by atoms with Crippen LogP contribution in [0.2, 0.25) is 0 Å². The molecule has 0 bridgehead atoms. The summed E-state index contributed by atoms with van der Waals surface area (Å²) in [6.07, 6.45) is 1.93. The lowest BCUT2D eigenvalue weighted by molar-refractivity contribution is -0.147. The van der Waals surface area contributed by atoms with Crippen LogP contribution in [0.4, 0.5) is 14.5 Å². The number of hydrogen-bond acceptors (Lipinski definition) is 8. The van der Waals surface area contributed by atoms with Gasteiger partial charge in [-0.25, -0.2) is 23.3 Å². The van der Waals surface area contributed by atoms with Crippen LogP contribution < -0.4 is 16.4 Å². The van der Waals surface area contributed by atoms with Gasteiger partial charge in [0.05, 0.1) is 11.4 Å². The minimum Gasteiger partial charge on any atom is -0.460 e. The highest BCUT2D eigenvalue weighted by Gasteiger charge is 2.32. The van der Waals surface area contributed by atoms with Gasteiger partial charge in [0.15, 0.2) is 5.65 Å². The zero-order valence-electron chi connectivity index (χ0n) is 26.0. The zero-order valence-corrected chi connectivity index (χ0v) is 26.0. The predicted molar refractivity (Wildman–Crippen MR) is 174 cm³/mol. The Kier molecular flexibility index (Phi) is 9.04. The molecule has 0 saturated carbocycles. The van der Waals surface area contributed by atoms with Crippen molar-refractivity contribution in [3.63, 3.8) is 0 Å². The van der Waals surface area contributed by atoms with Crippen LogP contribution in [-0.2, 0) is 20.9 Å². The van der Waals surface area contributed by atoms with Crippen molar-refractivity contribution in [3.8, 4) is 11.3 Å². The molecule has 3 heterocycles. The number of anilines is 1. The number of hydrogen-bond donors (Lipinski definition) is 3. The van der Waals surface area contributed by atoms with E-state index < -0.39 is 41.6 Å². The molecule has 0 fully saturated rings. The third-order valence-corrected chi connectivity index (χ3v) is 7.66. The summed E-state index contributed by atoms with van der Waals surface area (Å²) in [6.45, 7) is 3.67. The van der Waals surface area contributed by atoms with Crippen LogP contribution >= 0.6 is 0 Å². The maximum Gasteiger partial charge on any atom is 0.323 e. The third-order valence-electron chi connectivity index (χ3n) is 7.66. The molecule has 244 valence electrons. The van der Waals surface area contributed by atoms with Crippen molar-refractivity contribution in [3.05, 3.63) is 119 Å². The zero-order chi connectivity index (χ0) is 33.9. The van der Waals surface area contributed by atoms with E-state index in [1.165, 1.54) is 41.2 Å². The van der Waals surface area contributed by atoms with E-state index in [0.717, 1.165) is 0 Å². The van der Waals surface area contributed by atoms with Crippen molar-refractivity contribution in [2.45, 2.75) is 39.1 Å². The maximum absolute atomic E-state index is 15.7. The Hall–Kier alpha value is -5.82. The molecule has 3 aromatic carbocycles. The average Bonchev–Trinajstić information content (AvgIpc) is 3.39. The molecule has 2 aromatic heterocycles. The maximum atomic E-state index is 15.7. The number of rotatable bonds is 9. The van der Waals surface area contributed by atoms with Gasteiger partial charge in [-0.05, 0) is 42.2 Å². The number of carbonyl (C=O) groups is 3. The first-order chi connectivity index (χ1) is 23.1. The molecule has 1 aliphatic rings. The molecule has 1 aliphatic heterocycles. The molecule has 2 atom stereocenters. The minimum absolute atomic E-state index is 0.0366. The molecule has 48 heavy (non-hydrogen) atoms. The highest BCUT2D eigenvalue weighted by atomic mass is 19.1. The van der Waals surface area contributed by atoms with E-state index in [0.29, 0.717) is 23.1 Å². The fourth-order valence-corrected chi connectivity index (χ4v) is 5.41. The highest BCUT2D eigenvalue weighted by molar-refractivity contribution is 6.20. The molecule has 4 N–H and O–H groups in total. The first-order valence-electron chi connectivity index (χ1n) is 15.2. The van der Waals surface area contributed by atoms with Crippen LogP contribution in [0.1, 0.15) is 47.3 Å². The number of aromatic nitrogens is 3. The normalized spacial score (nSPS) is 14.9. The summed E-state index contributed by atoms with van der Waals surface area (Å²) in [5, 5.41) is 9.57. The molecule has 13 heteroatoms. The van der Waals surface area contributed by atoms with Gasteiger partial charge in [-0.3, -0.25) is 14.4 Å². The first kappa shape index (κ1) is 32.1. The lowest BCUT2D eigenvalue weighted by Crippen LogP contribution is -2.42. The number of nitrogens with two attached hydrogens (primary N) is 1. The Morgan fingerprint density at radius 1 is 1.02 bits per heavy atom. The number of aliphatic imine (C=N–C) groups is 1. The summed E-state index contributed by atoms with van der Waals surface area (Å²) in [5.74, 6) is -3.41. The number of benzene rings is 3. The molecule has 0 saturated heterocycles. The molecule has 0 aliphatic carbocycles. The first-order valence-corrected chi connectivity index (χ1v) is 15.2. The molecular formula is C35H31F2N7O4. The average molecular weight is 652 g/mol. The summed E-state index contributed by atoms with van der Waals surface area (Å²) in [4.78, 5) is 48.5. The van der Waals surface area contributed by atoms with Gasteiger partial charge < -0.3 is 21.1 Å². The minimum atomic E-state index is -1.50. The van der Waals surface area contributed by atoms with Gasteiger partial charge in [0.1, 0.15) is 35.5 Å². The van der Waals surface area contributed by atoms with E-state index in [1.807, 2.05) is 13.8 Å². The van der Waals surface area contributed by atoms with E-state index in [1.54, 1.807) is 48.5 Å². The number of esters is 1. The summed E-state index contributed by atoms with van der Waals surface area (Å²) in [5.41, 5.74) is 7.26. The van der Waals surface area contributed by atoms with Crippen molar-refractivity contribution in [2.75, 3.05) is 5.32 Å². The fourth-order valence-electron chi connectivity index (χ4n) is 5.41. The summed E-state index contributed by atoms with van der Waals surface area (Å²) >= 11 is 0. The molecule has 5 aromatic rings. The Morgan fingerprint density at radius 2 is 1.81 bits per heavy atom. The molecule has 2 amide bonds. The van der Waals surface area contributed by atoms with E-state index in [4.69, 9.17) is 10.5 Å². The van der Waals surface area contributed by atoms with Gasteiger partial charge in [0.25, 0.3) is 11.8 Å². The number of nitrogens with one attached hydrogen (secondary N) is 2. The Labute approximate surface area is 273 Å². The van der Waals surface area contributed by atoms with E-state index >= 15 is 4.39 Å². The largest absolute Gasteiger partial charge is 0.460 e. The van der Waals surface area contributed by atoms with Crippen molar-refractivity contribution in [1.29, 1.82) is 0 Å². The number of para-hydroxylation sites is 1. The van der Waals surface area contributed by atoms with E-state index in [9.17, 15) is 18.8 Å². The molecule has 0 unspecified atom stereocenters. The van der Waals surface area contributed by atoms with Gasteiger partial charge in [-0.2, -0.15) is 5.10 Å². The standard InChI is InChI=1S/C35H31F2N7O4/c1-19(2)16-26(38)35(47)48-18-20-12-13-22(25(37)17-20)30-27(32-39-14-7-15-44(32)43-30)33(45)42-31-34(46)41-29-23(10-6-11-24(29)36)28(40-31)21-8-4-3-5-9-21/h3-15,17,19,26,31H,16,18,38H2,1-2H3,(H,41,46)(H,42,45)/t26-,31-/m1/s1. The summed E-state index contributed by atoms with van der Waals surface area (Å²) in [6, 6.07) is 18.1. The lowest BCUT2D eigenvalue weighted by Gasteiger charge is -2.14. The highest BCUT2D eigenvalue weighted by Crippen LogP contribution is 2.30. The summed E-state index contributed by atoms with van der Waals surface area (Å²) in [7, 11) is 0. The van der Waals surface area contributed by atoms with Crippen molar-refractivity contribution < 1.29 is 27.9 Å². The lowest BCUT2D eigenvalue weighted by atomic mass is 10.0. The second-order valence-electron chi connectivity index (χ2n) is 11.6. The van der Waals surface area contributed by atoms with Gasteiger partial charge >= 0.3 is 5.97 Å². The number of amides is 2. The third kappa shape index (κ3) is 6.53. The van der Waals surface area contributed by atoms with Crippen molar-refractivity contribution >= 4 is 34.8 Å². The van der Waals surface area contributed by atoms with Crippen LogP contribution in [0.15, 0.2) is 90.2 Å². The van der Waals surface area contributed by atoms with E-state index in [-0.39, 0.29) is 46.4 Å². The number of carbonyl (C=O) groups excluding carboxylic acids is 3. The quantitative estimate of drug-likeness (QED) is 0.196. The smallest absolute Gasteiger partial charge is 0.323 e. The van der Waals surface area contributed by atoms with Gasteiger partial charge in [-0.1, -0.05) is 62.4 Å². The second-order valence-corrected chi connectivity index (χ2v) is 11.6. The summed E-state index contributed by atoms with van der Waals surface area (Å²) < 4.78 is 37.2. The Morgan fingerprint density at radius 3 is 2.56 bits per heavy atom. The Balaban J connectivity index is 1.33. The number of benzodiazepines with no additional fused rings is 1. The van der Waals surface area contributed by atoms with Crippen LogP contribution in [0, 0.1) is 17.6 Å². The number of halogens is 2. The van der Waals surface area contributed by atoms with Gasteiger partial charge in [0, 0.05) is 29.1 Å². The molecule has 11 nitrogen and oxygen atoms in total. The predicted octanol–water partition coefficient (Wildman–Crippen LogP) is 4.64. The number of fused-ring (bicyclic) bond motifs is 2. The number of nitrogens with zero attached hydrogens (tertiary/aromatic N) is 4. The molecule has 6 rings (SSSR count). The van der Waals surface area contributed by atoms with Crippen LogP contribution in [-0.4, -0.2) is 50.3 Å². The van der Waals surface area contributed by atoms with Crippen molar-refractivity contribution in [2.24, 2.45) is 16.6 Å². The monoisotopic (exact) mass is 651 g/mol.